The summed E-state index contributed by atoms with van der Waals surface area (Å²) in [5, 5.41) is 14.0. The third-order valence-corrected chi connectivity index (χ3v) is 6.60. The van der Waals surface area contributed by atoms with E-state index in [-0.39, 0.29) is 17.0 Å². The van der Waals surface area contributed by atoms with E-state index in [1.165, 1.54) is 12.1 Å². The van der Waals surface area contributed by atoms with Crippen LogP contribution in [0.3, 0.4) is 0 Å². The van der Waals surface area contributed by atoms with E-state index in [1.54, 1.807) is 13.8 Å². The Morgan fingerprint density at radius 3 is 2.45 bits per heavy atom. The number of fused-ring (bicyclic) bond motifs is 1. The molecule has 0 aliphatic carbocycles. The van der Waals surface area contributed by atoms with Crippen LogP contribution >= 0.6 is 12.3 Å². The van der Waals surface area contributed by atoms with Crippen molar-refractivity contribution in [1.82, 2.24) is 15.1 Å². The minimum absolute atomic E-state index is 0.00597. The molecule has 172 valence electrons. The molecule has 2 aromatic heterocycles. The minimum Gasteiger partial charge on any atom is -0.356 e. The molecule has 0 bridgehead atoms. The first-order valence-corrected chi connectivity index (χ1v) is 10.9. The molecule has 2 aliphatic rings. The molecule has 2 aliphatic heterocycles. The predicted molar refractivity (Wildman–Crippen MR) is 113 cm³/mol. The molecule has 5 rings (SSSR count). The molecule has 2 fully saturated rings. The summed E-state index contributed by atoms with van der Waals surface area (Å²) in [5.41, 5.74) is 1.57. The fourth-order valence-corrected chi connectivity index (χ4v) is 4.82. The van der Waals surface area contributed by atoms with Gasteiger partial charge >= 0.3 is 6.18 Å². The molecule has 0 amide bonds. The molecule has 8 nitrogen and oxygen atoms in total. The lowest BCUT2D eigenvalue weighted by Gasteiger charge is -2.44. The SMILES string of the molecule is Cc1noc(-c2c(N3CCC4(CC3)OSO4)nc3c(C#N)cc(CC(F)(F)F)cc3c2C)n1. The number of hydrogen-bond acceptors (Lipinski definition) is 9. The van der Waals surface area contributed by atoms with Crippen LogP contribution in [0.1, 0.15) is 35.4 Å². The maximum Gasteiger partial charge on any atom is 0.393 e. The van der Waals surface area contributed by atoms with E-state index in [9.17, 15) is 18.4 Å². The Hall–Kier alpha value is -2.88. The second-order valence-corrected chi connectivity index (χ2v) is 8.63. The van der Waals surface area contributed by atoms with Crippen LogP contribution in [0.4, 0.5) is 19.0 Å². The zero-order valence-electron chi connectivity index (χ0n) is 17.7. The number of alkyl halides is 3. The van der Waals surface area contributed by atoms with Gasteiger partial charge in [0.1, 0.15) is 11.9 Å². The van der Waals surface area contributed by atoms with Crippen molar-refractivity contribution in [2.45, 2.75) is 45.1 Å². The predicted octanol–water partition coefficient (Wildman–Crippen LogP) is 4.78. The zero-order valence-corrected chi connectivity index (χ0v) is 18.5. The quantitative estimate of drug-likeness (QED) is 0.494. The topological polar surface area (TPSA) is 97.3 Å². The van der Waals surface area contributed by atoms with Crippen molar-refractivity contribution in [3.05, 3.63) is 34.6 Å². The molecule has 1 spiro atoms. The minimum atomic E-state index is -4.40. The van der Waals surface area contributed by atoms with Crippen molar-refractivity contribution in [3.63, 3.8) is 0 Å². The van der Waals surface area contributed by atoms with Gasteiger partial charge in [-0.2, -0.15) is 23.4 Å². The Bertz CT molecular complexity index is 1270. The van der Waals surface area contributed by atoms with E-state index in [0.29, 0.717) is 59.6 Å². The van der Waals surface area contributed by atoms with Crippen LogP contribution in [0.25, 0.3) is 22.4 Å². The summed E-state index contributed by atoms with van der Waals surface area (Å²) in [6.45, 7) is 4.57. The number of aryl methyl sites for hydroxylation is 2. The summed E-state index contributed by atoms with van der Waals surface area (Å²) in [6, 6.07) is 4.69. The summed E-state index contributed by atoms with van der Waals surface area (Å²) in [5.74, 6) is 0.579. The number of pyridine rings is 1. The normalized spacial score (nSPS) is 17.9. The van der Waals surface area contributed by atoms with Crippen LogP contribution in [0.2, 0.25) is 0 Å². The molecule has 0 unspecified atom stereocenters. The van der Waals surface area contributed by atoms with Crippen molar-refractivity contribution in [1.29, 1.82) is 5.26 Å². The molecule has 0 radical (unpaired) electrons. The van der Waals surface area contributed by atoms with E-state index in [2.05, 4.69) is 10.1 Å². The molecule has 0 saturated carbocycles. The van der Waals surface area contributed by atoms with Gasteiger partial charge in [-0.05, 0) is 37.1 Å². The van der Waals surface area contributed by atoms with Crippen molar-refractivity contribution in [2.75, 3.05) is 18.0 Å². The van der Waals surface area contributed by atoms with Gasteiger partial charge in [0.2, 0.25) is 5.79 Å². The largest absolute Gasteiger partial charge is 0.393 e. The van der Waals surface area contributed by atoms with Gasteiger partial charge in [-0.1, -0.05) is 5.16 Å². The average molecular weight is 477 g/mol. The van der Waals surface area contributed by atoms with Crippen LogP contribution in [0.5, 0.6) is 0 Å². The van der Waals surface area contributed by atoms with E-state index in [4.69, 9.17) is 17.9 Å². The van der Waals surface area contributed by atoms with Gasteiger partial charge in [-0.25, -0.2) is 4.98 Å². The monoisotopic (exact) mass is 477 g/mol. The maximum absolute atomic E-state index is 13.1. The number of aromatic nitrogens is 3. The van der Waals surface area contributed by atoms with Crippen molar-refractivity contribution in [2.24, 2.45) is 0 Å². The lowest BCUT2D eigenvalue weighted by atomic mass is 9.96. The second-order valence-electron chi connectivity index (χ2n) is 8.16. The van der Waals surface area contributed by atoms with Crippen LogP contribution in [0.15, 0.2) is 16.7 Å². The molecule has 4 heterocycles. The number of halogens is 3. The van der Waals surface area contributed by atoms with Crippen LogP contribution < -0.4 is 4.90 Å². The van der Waals surface area contributed by atoms with Gasteiger partial charge in [0, 0.05) is 31.3 Å². The number of nitrogens with zero attached hydrogens (tertiary/aromatic N) is 5. The molecule has 0 atom stereocenters. The summed E-state index contributed by atoms with van der Waals surface area (Å²) in [6.07, 6.45) is -4.32. The van der Waals surface area contributed by atoms with E-state index < -0.39 is 18.4 Å². The zero-order chi connectivity index (χ0) is 23.4. The van der Waals surface area contributed by atoms with Gasteiger partial charge in [-0.3, -0.25) is 8.37 Å². The summed E-state index contributed by atoms with van der Waals surface area (Å²) in [4.78, 5) is 11.1. The lowest BCUT2D eigenvalue weighted by molar-refractivity contribution is -0.170. The molecule has 33 heavy (non-hydrogen) atoms. The Morgan fingerprint density at radius 2 is 1.91 bits per heavy atom. The first-order valence-electron chi connectivity index (χ1n) is 10.2. The molecule has 3 aromatic rings. The molecule has 2 saturated heterocycles. The highest BCUT2D eigenvalue weighted by Gasteiger charge is 2.45. The Balaban J connectivity index is 1.68. The smallest absolute Gasteiger partial charge is 0.356 e. The average Bonchev–Trinajstić information content (AvgIpc) is 3.17. The van der Waals surface area contributed by atoms with Gasteiger partial charge in [-0.15, -0.1) is 0 Å². The highest BCUT2D eigenvalue weighted by molar-refractivity contribution is 7.90. The van der Waals surface area contributed by atoms with Gasteiger partial charge in [0.15, 0.2) is 18.1 Å². The van der Waals surface area contributed by atoms with Crippen LogP contribution in [-0.2, 0) is 14.8 Å². The third-order valence-electron chi connectivity index (χ3n) is 5.85. The van der Waals surface area contributed by atoms with Gasteiger partial charge in [0.25, 0.3) is 5.89 Å². The highest BCUT2D eigenvalue weighted by Crippen LogP contribution is 2.46. The Morgan fingerprint density at radius 1 is 1.18 bits per heavy atom. The first kappa shape index (κ1) is 21.9. The fraction of sp³-hybridized carbons (Fsp3) is 0.429. The summed E-state index contributed by atoms with van der Waals surface area (Å²) < 4.78 is 55.7. The lowest BCUT2D eigenvalue weighted by Crippen LogP contribution is -2.50. The van der Waals surface area contributed by atoms with Gasteiger partial charge in [0.05, 0.1) is 23.1 Å². The molecule has 12 heteroatoms. The van der Waals surface area contributed by atoms with Crippen molar-refractivity contribution >= 4 is 29.0 Å². The van der Waals surface area contributed by atoms with Gasteiger partial charge < -0.3 is 9.42 Å². The molecular weight excluding hydrogens is 459 g/mol. The fourth-order valence-electron chi connectivity index (χ4n) is 4.22. The number of piperidine rings is 1. The molecule has 1 aromatic carbocycles. The highest BCUT2D eigenvalue weighted by atomic mass is 32.2. The summed E-state index contributed by atoms with van der Waals surface area (Å²) >= 11 is 0.973. The first-order chi connectivity index (χ1) is 15.7. The van der Waals surface area contributed by atoms with Crippen LogP contribution in [-0.4, -0.2) is 40.2 Å². The number of nitriles is 1. The Kier molecular flexibility index (Phi) is 5.23. The second kappa shape index (κ2) is 7.86. The van der Waals surface area contributed by atoms with E-state index in [1.807, 2.05) is 11.0 Å². The van der Waals surface area contributed by atoms with Crippen molar-refractivity contribution in [3.8, 4) is 17.5 Å². The van der Waals surface area contributed by atoms with Crippen LogP contribution in [0, 0.1) is 25.2 Å². The molecular formula is C21H18F3N5O3S. The number of hydrogen-bond donors (Lipinski definition) is 0. The van der Waals surface area contributed by atoms with E-state index >= 15 is 0 Å². The number of anilines is 1. The third kappa shape index (κ3) is 4.01. The summed E-state index contributed by atoms with van der Waals surface area (Å²) in [7, 11) is 0. The number of benzene rings is 1. The maximum atomic E-state index is 13.1. The molecule has 0 N–H and O–H groups in total. The van der Waals surface area contributed by atoms with E-state index in [0.717, 1.165) is 12.3 Å². The number of rotatable bonds is 3. The Labute approximate surface area is 191 Å². The standard InChI is InChI=1S/C21H18F3N5O3S/c1-11-15-8-13(9-21(22,23)24)7-14(10-25)17(15)27-18(16(11)19-26-12(2)28-30-19)29-5-3-20(4-6-29)31-33-32-20/h7-8H,3-6,9H2,1-2H3. The van der Waals surface area contributed by atoms with Crippen molar-refractivity contribution < 1.29 is 26.1 Å².